The lowest BCUT2D eigenvalue weighted by atomic mass is 10.1. The van der Waals surface area contributed by atoms with Crippen LogP contribution in [0.1, 0.15) is 32.6 Å². The number of hydrogen-bond donors (Lipinski definition) is 1. The van der Waals surface area contributed by atoms with Gasteiger partial charge in [0.25, 0.3) is 0 Å². The van der Waals surface area contributed by atoms with Crippen molar-refractivity contribution in [2.24, 2.45) is 0 Å². The average Bonchev–Trinajstić information content (AvgIpc) is 2.96. The van der Waals surface area contributed by atoms with Crippen molar-refractivity contribution in [1.29, 1.82) is 0 Å². The monoisotopic (exact) mass is 295 g/mol. The van der Waals surface area contributed by atoms with Crippen molar-refractivity contribution in [1.82, 2.24) is 19.5 Å². The van der Waals surface area contributed by atoms with Crippen LogP contribution in [0.25, 0.3) is 22.6 Å². The van der Waals surface area contributed by atoms with Crippen LogP contribution in [-0.4, -0.2) is 19.5 Å². The van der Waals surface area contributed by atoms with E-state index in [0.29, 0.717) is 0 Å². The largest absolute Gasteiger partial charge is 0.368 e. The summed E-state index contributed by atoms with van der Waals surface area (Å²) in [5.74, 6) is 0.289. The molecule has 0 radical (unpaired) electrons. The molecule has 0 saturated carbocycles. The van der Waals surface area contributed by atoms with Gasteiger partial charge in [-0.1, -0.05) is 26.2 Å². The molecular weight excluding hydrogens is 274 g/mol. The number of aryl methyl sites for hydroxylation is 1. The number of anilines is 1. The molecule has 3 rings (SSSR count). The Bertz CT molecular complexity index is 719. The fourth-order valence-electron chi connectivity index (χ4n) is 2.74. The zero-order valence-electron chi connectivity index (χ0n) is 12.9. The molecule has 0 unspecified atom stereocenters. The van der Waals surface area contributed by atoms with Gasteiger partial charge in [-0.15, -0.1) is 0 Å². The minimum Gasteiger partial charge on any atom is -0.368 e. The van der Waals surface area contributed by atoms with Crippen molar-refractivity contribution in [2.45, 2.75) is 39.2 Å². The smallest absolute Gasteiger partial charge is 0.220 e. The summed E-state index contributed by atoms with van der Waals surface area (Å²) >= 11 is 0. The molecule has 0 bridgehead atoms. The molecule has 0 amide bonds. The summed E-state index contributed by atoms with van der Waals surface area (Å²) in [4.78, 5) is 12.8. The fourth-order valence-corrected chi connectivity index (χ4v) is 2.74. The molecule has 22 heavy (non-hydrogen) atoms. The number of fused-ring (bicyclic) bond motifs is 1. The highest BCUT2D eigenvalue weighted by Gasteiger charge is 2.17. The highest BCUT2D eigenvalue weighted by molar-refractivity contribution is 5.79. The van der Waals surface area contributed by atoms with Crippen molar-refractivity contribution in [3.05, 3.63) is 36.8 Å². The predicted octanol–water partition coefficient (Wildman–Crippen LogP) is 3.61. The van der Waals surface area contributed by atoms with Gasteiger partial charge in [0, 0.05) is 30.7 Å². The molecule has 0 saturated heterocycles. The standard InChI is InChI=1S/C17H21N5/c1-2-3-4-5-10-22-11-6-7-15-16(22)13(12-20-15)14-8-9-19-17(18)21-14/h6-9,11-12H,2-5,10H2,1H3,(H2,18,19,21). The van der Waals surface area contributed by atoms with Gasteiger partial charge in [0.1, 0.15) is 0 Å². The Morgan fingerprint density at radius 1 is 1.09 bits per heavy atom. The van der Waals surface area contributed by atoms with E-state index in [0.717, 1.165) is 29.2 Å². The number of nitrogen functional groups attached to an aromatic ring is 1. The summed E-state index contributed by atoms with van der Waals surface area (Å²) in [5.41, 5.74) is 9.66. The van der Waals surface area contributed by atoms with Crippen LogP contribution < -0.4 is 5.73 Å². The summed E-state index contributed by atoms with van der Waals surface area (Å²) in [6.45, 7) is 3.23. The highest BCUT2D eigenvalue weighted by Crippen LogP contribution is 2.32. The first-order valence-electron chi connectivity index (χ1n) is 7.82. The summed E-state index contributed by atoms with van der Waals surface area (Å²) in [6.07, 6.45) is 10.6. The quantitative estimate of drug-likeness (QED) is 0.705. The molecule has 1 aromatic rings. The Balaban J connectivity index is 1.94. The lowest BCUT2D eigenvalue weighted by Gasteiger charge is -2.14. The molecule has 114 valence electrons. The Morgan fingerprint density at radius 2 is 2.00 bits per heavy atom. The number of pyridine rings is 1. The van der Waals surface area contributed by atoms with Gasteiger partial charge in [-0.3, -0.25) is 4.98 Å². The molecule has 3 heterocycles. The molecule has 0 aromatic carbocycles. The maximum absolute atomic E-state index is 5.71. The third kappa shape index (κ3) is 2.93. The van der Waals surface area contributed by atoms with E-state index in [4.69, 9.17) is 5.73 Å². The van der Waals surface area contributed by atoms with Gasteiger partial charge < -0.3 is 10.3 Å². The number of nitrogens with zero attached hydrogens (tertiary/aromatic N) is 4. The molecule has 2 aliphatic rings. The van der Waals surface area contributed by atoms with Crippen molar-refractivity contribution < 1.29 is 0 Å². The highest BCUT2D eigenvalue weighted by atomic mass is 15.0. The molecular formula is C17H21N5. The first kappa shape index (κ1) is 14.5. The van der Waals surface area contributed by atoms with Gasteiger partial charge in [-0.2, -0.15) is 0 Å². The van der Waals surface area contributed by atoms with Crippen molar-refractivity contribution >= 4 is 5.95 Å². The van der Waals surface area contributed by atoms with E-state index in [2.05, 4.69) is 32.6 Å². The first-order valence-corrected chi connectivity index (χ1v) is 7.82. The third-order valence-electron chi connectivity index (χ3n) is 3.84. The van der Waals surface area contributed by atoms with Gasteiger partial charge in [0.2, 0.25) is 5.95 Å². The minimum atomic E-state index is 0.289. The summed E-state index contributed by atoms with van der Waals surface area (Å²) < 4.78 is 2.27. The van der Waals surface area contributed by atoms with Gasteiger partial charge in [0.15, 0.2) is 0 Å². The van der Waals surface area contributed by atoms with E-state index >= 15 is 0 Å². The Labute approximate surface area is 130 Å². The third-order valence-corrected chi connectivity index (χ3v) is 3.84. The van der Waals surface area contributed by atoms with Crippen LogP contribution in [0.15, 0.2) is 36.8 Å². The number of unbranched alkanes of at least 4 members (excludes halogenated alkanes) is 3. The molecule has 0 fully saturated rings. The lowest BCUT2D eigenvalue weighted by Crippen LogP contribution is -2.04. The Kier molecular flexibility index (Phi) is 4.32. The first-order chi connectivity index (χ1) is 10.8. The second-order valence-electron chi connectivity index (χ2n) is 5.47. The number of rotatable bonds is 6. The lowest BCUT2D eigenvalue weighted by molar-refractivity contribution is 0.584. The van der Waals surface area contributed by atoms with Crippen LogP contribution in [0.4, 0.5) is 5.95 Å². The van der Waals surface area contributed by atoms with E-state index in [1.54, 1.807) is 6.20 Å². The minimum absolute atomic E-state index is 0.289. The average molecular weight is 295 g/mol. The normalized spacial score (nSPS) is 11.1. The van der Waals surface area contributed by atoms with Crippen molar-refractivity contribution in [3.63, 3.8) is 0 Å². The molecule has 1 aromatic heterocycles. The topological polar surface area (TPSA) is 69.6 Å². The Hall–Kier alpha value is -2.43. The molecule has 0 spiro atoms. The van der Waals surface area contributed by atoms with E-state index < -0.39 is 0 Å². The van der Waals surface area contributed by atoms with E-state index in [1.165, 1.54) is 25.7 Å². The molecule has 5 nitrogen and oxygen atoms in total. The number of hydrogen-bond acceptors (Lipinski definition) is 4. The number of aromatic nitrogens is 4. The maximum Gasteiger partial charge on any atom is 0.220 e. The summed E-state index contributed by atoms with van der Waals surface area (Å²) in [6, 6.07) is 5.96. The van der Waals surface area contributed by atoms with Crippen molar-refractivity contribution in [3.8, 4) is 22.6 Å². The van der Waals surface area contributed by atoms with Gasteiger partial charge >= 0.3 is 0 Å². The van der Waals surface area contributed by atoms with E-state index in [1.807, 2.05) is 24.4 Å². The van der Waals surface area contributed by atoms with Gasteiger partial charge in [-0.05, 0) is 24.6 Å². The molecule has 2 N–H and O–H groups in total. The second kappa shape index (κ2) is 6.56. The molecule has 0 atom stereocenters. The maximum atomic E-state index is 5.71. The summed E-state index contributed by atoms with van der Waals surface area (Å²) in [5, 5.41) is 0. The van der Waals surface area contributed by atoms with Crippen molar-refractivity contribution in [2.75, 3.05) is 5.73 Å². The Morgan fingerprint density at radius 3 is 2.82 bits per heavy atom. The number of nitrogens with two attached hydrogens (primary N) is 1. The van der Waals surface area contributed by atoms with Gasteiger partial charge in [0.05, 0.1) is 17.1 Å². The molecule has 5 heteroatoms. The van der Waals surface area contributed by atoms with Crippen LogP contribution in [-0.2, 0) is 6.54 Å². The van der Waals surface area contributed by atoms with E-state index in [9.17, 15) is 0 Å². The van der Waals surface area contributed by atoms with Crippen LogP contribution in [0, 0.1) is 0 Å². The molecule has 0 aliphatic carbocycles. The SMILES string of the molecule is CCCCCCn1cccc2ncc(-c3ccnc(N)n3)c1-2. The van der Waals surface area contributed by atoms with Crippen LogP contribution in [0.2, 0.25) is 0 Å². The summed E-state index contributed by atoms with van der Waals surface area (Å²) in [7, 11) is 0. The van der Waals surface area contributed by atoms with Gasteiger partial charge in [-0.25, -0.2) is 9.97 Å². The second-order valence-corrected chi connectivity index (χ2v) is 5.47. The predicted molar refractivity (Wildman–Crippen MR) is 88.4 cm³/mol. The fraction of sp³-hybridized carbons (Fsp3) is 0.353. The van der Waals surface area contributed by atoms with Crippen LogP contribution in [0.5, 0.6) is 0 Å². The zero-order valence-corrected chi connectivity index (χ0v) is 12.9. The zero-order chi connectivity index (χ0) is 15.4. The van der Waals surface area contributed by atoms with Crippen LogP contribution >= 0.6 is 0 Å². The molecule has 2 aliphatic heterocycles. The van der Waals surface area contributed by atoms with E-state index in [-0.39, 0.29) is 5.95 Å². The van der Waals surface area contributed by atoms with Crippen LogP contribution in [0.3, 0.4) is 0 Å².